The molecule has 1 saturated heterocycles. The van der Waals surface area contributed by atoms with Crippen molar-refractivity contribution in [2.45, 2.75) is 18.1 Å². The maximum atomic E-state index is 14.0. The second-order valence-corrected chi connectivity index (χ2v) is 9.62. The molecule has 0 aliphatic carbocycles. The van der Waals surface area contributed by atoms with Gasteiger partial charge in [0.25, 0.3) is 0 Å². The van der Waals surface area contributed by atoms with Gasteiger partial charge in [0.15, 0.2) is 5.17 Å². The molecule has 0 spiro atoms. The van der Waals surface area contributed by atoms with Gasteiger partial charge in [0.05, 0.1) is 11.4 Å². The zero-order valence-corrected chi connectivity index (χ0v) is 20.2. The van der Waals surface area contributed by atoms with Gasteiger partial charge in [-0.1, -0.05) is 65.3 Å². The zero-order chi connectivity index (χ0) is 24.1. The fourth-order valence-electron chi connectivity index (χ4n) is 3.39. The number of halogens is 3. The van der Waals surface area contributed by atoms with E-state index < -0.39 is 17.0 Å². The zero-order valence-electron chi connectivity index (χ0n) is 17.9. The molecular weight excluding hydrogens is 496 g/mol. The minimum atomic E-state index is -0.753. The molecule has 0 bridgehead atoms. The highest BCUT2D eigenvalue weighted by molar-refractivity contribution is 8.15. The first kappa shape index (κ1) is 24.3. The first-order valence-electron chi connectivity index (χ1n) is 10.5. The topological polar surface area (TPSA) is 61.8 Å². The van der Waals surface area contributed by atoms with Gasteiger partial charge in [0.2, 0.25) is 11.8 Å². The average molecular weight is 516 g/mol. The van der Waals surface area contributed by atoms with Crippen LogP contribution in [0.3, 0.4) is 0 Å². The number of amidine groups is 1. The minimum Gasteiger partial charge on any atom is -0.323 e. The van der Waals surface area contributed by atoms with Gasteiger partial charge in [-0.2, -0.15) is 0 Å². The van der Waals surface area contributed by atoms with Gasteiger partial charge in [0.1, 0.15) is 11.1 Å². The number of rotatable bonds is 6. The summed E-state index contributed by atoms with van der Waals surface area (Å²) in [5.41, 5.74) is 1.65. The number of carbonyl (C=O) groups excluding carboxylic acids is 2. The number of nitrogens with zero attached hydrogens (tertiary/aromatic N) is 2. The molecule has 1 unspecified atom stereocenters. The summed E-state index contributed by atoms with van der Waals surface area (Å²) in [5, 5.41) is 3.36. The lowest BCUT2D eigenvalue weighted by atomic mass is 10.1. The molecule has 3 aromatic rings. The van der Waals surface area contributed by atoms with E-state index in [1.165, 1.54) is 30.0 Å². The Kier molecular flexibility index (Phi) is 7.88. The molecule has 4 rings (SSSR count). The number of hydrogen-bond acceptors (Lipinski definition) is 4. The maximum Gasteiger partial charge on any atom is 0.238 e. The number of anilines is 1. The van der Waals surface area contributed by atoms with E-state index in [1.54, 1.807) is 47.4 Å². The number of benzene rings is 3. The molecule has 1 heterocycles. The highest BCUT2D eigenvalue weighted by Crippen LogP contribution is 2.31. The van der Waals surface area contributed by atoms with Crippen LogP contribution in [-0.4, -0.2) is 33.7 Å². The van der Waals surface area contributed by atoms with Crippen molar-refractivity contribution in [3.8, 4) is 0 Å². The summed E-state index contributed by atoms with van der Waals surface area (Å²) >= 11 is 13.2. The van der Waals surface area contributed by atoms with E-state index >= 15 is 0 Å². The van der Waals surface area contributed by atoms with Crippen LogP contribution in [0.5, 0.6) is 0 Å². The van der Waals surface area contributed by atoms with Crippen molar-refractivity contribution in [2.75, 3.05) is 11.9 Å². The Balaban J connectivity index is 1.56. The molecule has 9 heteroatoms. The van der Waals surface area contributed by atoms with E-state index in [2.05, 4.69) is 10.3 Å². The summed E-state index contributed by atoms with van der Waals surface area (Å²) in [6.07, 6.45) is 0.560. The van der Waals surface area contributed by atoms with Gasteiger partial charge in [-0.3, -0.25) is 14.5 Å². The third kappa shape index (κ3) is 6.17. The standard InChI is InChI=1S/C25H20Cl2FN3O2S/c26-17-10-8-16(9-11-17)12-13-31-23(32)15-22(24(33)30-21-7-2-1-6-20(21)28)34-25(31)29-19-5-3-4-18(27)14-19/h1-11,14,22H,12-13,15H2,(H,30,33). The number of thioether (sulfide) groups is 1. The van der Waals surface area contributed by atoms with Crippen LogP contribution in [0.1, 0.15) is 12.0 Å². The molecule has 1 atom stereocenters. The molecular formula is C25H20Cl2FN3O2S. The average Bonchev–Trinajstić information content (AvgIpc) is 2.81. The van der Waals surface area contributed by atoms with Crippen molar-refractivity contribution in [2.24, 2.45) is 4.99 Å². The molecule has 34 heavy (non-hydrogen) atoms. The fourth-order valence-corrected chi connectivity index (χ4v) is 4.82. The number of amides is 2. The second kappa shape index (κ2) is 11.0. The Bertz CT molecular complexity index is 1240. The van der Waals surface area contributed by atoms with E-state index in [0.717, 1.165) is 5.56 Å². The molecule has 174 valence electrons. The summed E-state index contributed by atoms with van der Waals surface area (Å²) in [4.78, 5) is 32.2. The van der Waals surface area contributed by atoms with Crippen LogP contribution in [0.4, 0.5) is 15.8 Å². The van der Waals surface area contributed by atoms with Gasteiger partial charge in [-0.15, -0.1) is 0 Å². The second-order valence-electron chi connectivity index (χ2n) is 7.58. The number of carbonyl (C=O) groups is 2. The summed E-state index contributed by atoms with van der Waals surface area (Å²) in [5.74, 6) is -1.23. The predicted octanol–water partition coefficient (Wildman–Crippen LogP) is 6.34. The monoisotopic (exact) mass is 515 g/mol. The van der Waals surface area contributed by atoms with Crippen LogP contribution >= 0.6 is 35.0 Å². The Labute approximate surface area is 211 Å². The van der Waals surface area contributed by atoms with E-state index in [1.807, 2.05) is 12.1 Å². The van der Waals surface area contributed by atoms with Gasteiger partial charge in [0, 0.05) is 23.0 Å². The molecule has 0 aromatic heterocycles. The van der Waals surface area contributed by atoms with E-state index in [0.29, 0.717) is 33.9 Å². The third-order valence-electron chi connectivity index (χ3n) is 5.13. The molecule has 1 fully saturated rings. The Hall–Kier alpha value is -2.87. The normalized spacial score (nSPS) is 17.1. The van der Waals surface area contributed by atoms with Crippen molar-refractivity contribution < 1.29 is 14.0 Å². The lowest BCUT2D eigenvalue weighted by Crippen LogP contribution is -2.46. The van der Waals surface area contributed by atoms with Crippen molar-refractivity contribution in [3.05, 3.63) is 94.2 Å². The summed E-state index contributed by atoms with van der Waals surface area (Å²) in [6.45, 7) is 0.383. The van der Waals surface area contributed by atoms with Crippen LogP contribution in [0, 0.1) is 5.82 Å². The molecule has 1 aliphatic heterocycles. The molecule has 5 nitrogen and oxygen atoms in total. The smallest absolute Gasteiger partial charge is 0.238 e. The Morgan fingerprint density at radius 3 is 2.56 bits per heavy atom. The quantitative estimate of drug-likeness (QED) is 0.416. The number of nitrogens with one attached hydrogen (secondary N) is 1. The van der Waals surface area contributed by atoms with Crippen LogP contribution in [0.25, 0.3) is 0 Å². The lowest BCUT2D eigenvalue weighted by molar-refractivity contribution is -0.129. The number of para-hydroxylation sites is 1. The Morgan fingerprint density at radius 1 is 1.06 bits per heavy atom. The maximum absolute atomic E-state index is 14.0. The molecule has 1 N–H and O–H groups in total. The van der Waals surface area contributed by atoms with Crippen molar-refractivity contribution in [1.82, 2.24) is 4.90 Å². The first-order valence-corrected chi connectivity index (χ1v) is 12.1. The number of hydrogen-bond donors (Lipinski definition) is 1. The van der Waals surface area contributed by atoms with Gasteiger partial charge in [-0.05, 0) is 54.4 Å². The Morgan fingerprint density at radius 2 is 1.82 bits per heavy atom. The fraction of sp³-hybridized carbons (Fsp3) is 0.160. The SMILES string of the molecule is O=C(Nc1ccccc1F)C1CC(=O)N(CCc2ccc(Cl)cc2)C(=Nc2cccc(Cl)c2)S1. The van der Waals surface area contributed by atoms with E-state index in [-0.39, 0.29) is 18.0 Å². The largest absolute Gasteiger partial charge is 0.323 e. The molecule has 2 amide bonds. The van der Waals surface area contributed by atoms with Crippen LogP contribution in [0.15, 0.2) is 77.8 Å². The summed E-state index contributed by atoms with van der Waals surface area (Å²) < 4.78 is 14.0. The molecule has 0 saturated carbocycles. The number of aliphatic imine (C=N–C) groups is 1. The van der Waals surface area contributed by atoms with Gasteiger partial charge >= 0.3 is 0 Å². The summed E-state index contributed by atoms with van der Waals surface area (Å²) in [6, 6.07) is 20.3. The molecule has 1 aliphatic rings. The summed E-state index contributed by atoms with van der Waals surface area (Å²) in [7, 11) is 0. The van der Waals surface area contributed by atoms with Crippen molar-refractivity contribution >= 4 is 63.3 Å². The minimum absolute atomic E-state index is 0.0276. The highest BCUT2D eigenvalue weighted by atomic mass is 35.5. The van der Waals surface area contributed by atoms with Gasteiger partial charge in [-0.25, -0.2) is 9.38 Å². The molecule has 0 radical (unpaired) electrons. The third-order valence-corrected chi connectivity index (χ3v) is 6.81. The lowest BCUT2D eigenvalue weighted by Gasteiger charge is -2.32. The van der Waals surface area contributed by atoms with E-state index in [4.69, 9.17) is 23.2 Å². The predicted molar refractivity (Wildman–Crippen MR) is 136 cm³/mol. The van der Waals surface area contributed by atoms with Crippen molar-refractivity contribution in [3.63, 3.8) is 0 Å². The van der Waals surface area contributed by atoms with E-state index in [9.17, 15) is 14.0 Å². The van der Waals surface area contributed by atoms with Gasteiger partial charge < -0.3 is 5.32 Å². The van der Waals surface area contributed by atoms with Crippen LogP contribution in [0.2, 0.25) is 10.0 Å². The first-order chi connectivity index (χ1) is 16.4. The van der Waals surface area contributed by atoms with Crippen LogP contribution < -0.4 is 5.32 Å². The molecule has 3 aromatic carbocycles. The van der Waals surface area contributed by atoms with Crippen LogP contribution in [-0.2, 0) is 16.0 Å². The van der Waals surface area contributed by atoms with Crippen molar-refractivity contribution in [1.29, 1.82) is 0 Å². The highest BCUT2D eigenvalue weighted by Gasteiger charge is 2.36.